The largest absolute Gasteiger partial charge is 0.308 e. The predicted octanol–water partition coefficient (Wildman–Crippen LogP) is 4.07. The van der Waals surface area contributed by atoms with Gasteiger partial charge in [0, 0.05) is 34.0 Å². The van der Waals surface area contributed by atoms with Gasteiger partial charge in [0.05, 0.1) is 0 Å². The van der Waals surface area contributed by atoms with Crippen LogP contribution in [0.25, 0.3) is 12.2 Å². The number of Topliss-reactive ketones (excluding diaryl/α,β-unsaturated/α-hetero) is 1. The maximum Gasteiger partial charge on any atom is 0.187 e. The van der Waals surface area contributed by atoms with E-state index in [-0.39, 0.29) is 5.78 Å². The molecule has 1 fully saturated rings. The first-order valence-electron chi connectivity index (χ1n) is 6.90. The summed E-state index contributed by atoms with van der Waals surface area (Å²) in [5, 5.41) is 7.46. The van der Waals surface area contributed by atoms with Crippen LogP contribution in [0.5, 0.6) is 0 Å². The van der Waals surface area contributed by atoms with E-state index in [4.69, 9.17) is 0 Å². The van der Waals surface area contributed by atoms with Gasteiger partial charge in [-0.3, -0.25) is 4.79 Å². The van der Waals surface area contributed by atoms with Gasteiger partial charge in [0.25, 0.3) is 0 Å². The molecule has 1 N–H and O–H groups in total. The summed E-state index contributed by atoms with van der Waals surface area (Å²) in [7, 11) is 0. The summed E-state index contributed by atoms with van der Waals surface area (Å²) in [5.74, 6) is 0.175. The number of piperidine rings is 1. The van der Waals surface area contributed by atoms with Crippen molar-refractivity contribution in [2.45, 2.75) is 13.8 Å². The number of ketones is 1. The topological polar surface area (TPSA) is 29.1 Å². The third-order valence-electron chi connectivity index (χ3n) is 3.63. The number of thiophene rings is 2. The molecule has 0 saturated carbocycles. The summed E-state index contributed by atoms with van der Waals surface area (Å²) in [6.07, 6.45) is 4.06. The number of hydrogen-bond acceptors (Lipinski definition) is 4. The van der Waals surface area contributed by atoms with Crippen LogP contribution in [0.1, 0.15) is 20.9 Å². The van der Waals surface area contributed by atoms with Crippen LogP contribution in [0, 0.1) is 13.8 Å². The quantitative estimate of drug-likeness (QED) is 0.847. The van der Waals surface area contributed by atoms with Crippen LogP contribution in [0.15, 0.2) is 34.0 Å². The van der Waals surface area contributed by atoms with Gasteiger partial charge in [-0.25, -0.2) is 0 Å². The van der Waals surface area contributed by atoms with E-state index in [2.05, 4.69) is 42.1 Å². The Kier molecular flexibility index (Phi) is 4.19. The molecule has 0 amide bonds. The lowest BCUT2D eigenvalue weighted by atomic mass is 9.97. The van der Waals surface area contributed by atoms with Crippen LogP contribution < -0.4 is 5.32 Å². The fourth-order valence-electron chi connectivity index (χ4n) is 2.31. The molecule has 0 aromatic carbocycles. The van der Waals surface area contributed by atoms with Gasteiger partial charge in [-0.15, -0.1) is 22.7 Å². The third-order valence-corrected chi connectivity index (χ3v) is 5.56. The number of aryl methyl sites for hydroxylation is 2. The molecule has 21 heavy (non-hydrogen) atoms. The minimum Gasteiger partial charge on any atom is -0.308 e. The zero-order valence-electron chi connectivity index (χ0n) is 12.1. The number of hydrogen-bond donors (Lipinski definition) is 1. The van der Waals surface area contributed by atoms with E-state index in [1.807, 2.05) is 12.2 Å². The molecule has 1 aliphatic rings. The summed E-state index contributed by atoms with van der Waals surface area (Å²) in [6, 6.07) is 4.17. The Labute approximate surface area is 132 Å². The molecule has 0 bridgehead atoms. The standard InChI is InChI=1S/C17H17NOS2/c1-11-3-5-20-15(11)7-13-9-18-10-14(17(13)19)8-16-12(2)4-6-21-16/h3-8,18H,9-10H2,1-2H3/b13-7-,14-8+. The van der Waals surface area contributed by atoms with Crippen molar-refractivity contribution in [1.82, 2.24) is 5.32 Å². The molecular formula is C17H17NOS2. The van der Waals surface area contributed by atoms with Gasteiger partial charge in [-0.05, 0) is 60.0 Å². The number of carbonyl (C=O) groups excluding carboxylic acids is 1. The fourth-order valence-corrected chi connectivity index (χ4v) is 4.08. The Morgan fingerprint density at radius 3 is 1.81 bits per heavy atom. The maximum absolute atomic E-state index is 12.6. The summed E-state index contributed by atoms with van der Waals surface area (Å²) in [6.45, 7) is 5.46. The van der Waals surface area contributed by atoms with Crippen molar-refractivity contribution in [3.8, 4) is 0 Å². The van der Waals surface area contributed by atoms with Crippen LogP contribution in [0.3, 0.4) is 0 Å². The second kappa shape index (κ2) is 6.10. The van der Waals surface area contributed by atoms with E-state index in [1.54, 1.807) is 22.7 Å². The fraction of sp³-hybridized carbons (Fsp3) is 0.235. The highest BCUT2D eigenvalue weighted by Crippen LogP contribution is 2.24. The van der Waals surface area contributed by atoms with Gasteiger partial charge in [0.1, 0.15) is 0 Å². The number of carbonyl (C=O) groups is 1. The molecule has 108 valence electrons. The Bertz CT molecular complexity index is 673. The lowest BCUT2D eigenvalue weighted by molar-refractivity contribution is -0.112. The van der Waals surface area contributed by atoms with E-state index in [0.29, 0.717) is 13.1 Å². The van der Waals surface area contributed by atoms with Crippen LogP contribution in [-0.2, 0) is 4.79 Å². The van der Waals surface area contributed by atoms with E-state index in [1.165, 1.54) is 20.9 Å². The van der Waals surface area contributed by atoms with Crippen LogP contribution in [0.4, 0.5) is 0 Å². The first kappa shape index (κ1) is 14.4. The molecule has 1 saturated heterocycles. The highest BCUT2D eigenvalue weighted by molar-refractivity contribution is 7.11. The maximum atomic E-state index is 12.6. The second-order valence-electron chi connectivity index (χ2n) is 5.21. The molecule has 2 nitrogen and oxygen atoms in total. The third kappa shape index (κ3) is 3.07. The monoisotopic (exact) mass is 315 g/mol. The smallest absolute Gasteiger partial charge is 0.187 e. The molecule has 1 aliphatic heterocycles. The van der Waals surface area contributed by atoms with Gasteiger partial charge in [0.15, 0.2) is 5.78 Å². The van der Waals surface area contributed by atoms with Crippen molar-refractivity contribution >= 4 is 40.6 Å². The van der Waals surface area contributed by atoms with Crippen molar-refractivity contribution in [2.24, 2.45) is 0 Å². The minimum absolute atomic E-state index is 0.175. The van der Waals surface area contributed by atoms with Crippen molar-refractivity contribution in [2.75, 3.05) is 13.1 Å². The van der Waals surface area contributed by atoms with Gasteiger partial charge >= 0.3 is 0 Å². The Hall–Kier alpha value is -1.49. The first-order valence-corrected chi connectivity index (χ1v) is 8.66. The molecule has 3 heterocycles. The molecule has 0 unspecified atom stereocenters. The molecule has 2 aromatic heterocycles. The normalized spacial score (nSPS) is 19.6. The van der Waals surface area contributed by atoms with Crippen LogP contribution >= 0.6 is 22.7 Å². The summed E-state index contributed by atoms with van der Waals surface area (Å²) in [5.41, 5.74) is 4.16. The van der Waals surface area contributed by atoms with E-state index in [0.717, 1.165) is 11.1 Å². The van der Waals surface area contributed by atoms with Gasteiger partial charge < -0.3 is 5.32 Å². The zero-order valence-corrected chi connectivity index (χ0v) is 13.7. The minimum atomic E-state index is 0.175. The van der Waals surface area contributed by atoms with Crippen molar-refractivity contribution in [3.63, 3.8) is 0 Å². The molecule has 3 rings (SSSR count). The summed E-state index contributed by atoms with van der Waals surface area (Å²) in [4.78, 5) is 15.0. The van der Waals surface area contributed by atoms with Gasteiger partial charge in [-0.2, -0.15) is 0 Å². The van der Waals surface area contributed by atoms with E-state index in [9.17, 15) is 4.79 Å². The Morgan fingerprint density at radius 1 is 0.952 bits per heavy atom. The first-order chi connectivity index (χ1) is 10.1. The number of nitrogens with one attached hydrogen (secondary N) is 1. The Balaban J connectivity index is 1.91. The lowest BCUT2D eigenvalue weighted by Crippen LogP contribution is -2.32. The van der Waals surface area contributed by atoms with Gasteiger partial charge in [-0.1, -0.05) is 0 Å². The molecule has 0 spiro atoms. The molecule has 0 radical (unpaired) electrons. The summed E-state index contributed by atoms with van der Waals surface area (Å²) < 4.78 is 0. The second-order valence-corrected chi connectivity index (χ2v) is 7.10. The number of rotatable bonds is 2. The van der Waals surface area contributed by atoms with E-state index >= 15 is 0 Å². The SMILES string of the molecule is Cc1ccsc1/C=C1/CNC/C(=C\c2sccc2C)C1=O. The lowest BCUT2D eigenvalue weighted by Gasteiger charge is -2.18. The molecule has 4 heteroatoms. The van der Waals surface area contributed by atoms with Gasteiger partial charge in [0.2, 0.25) is 0 Å². The van der Waals surface area contributed by atoms with Crippen LogP contribution in [-0.4, -0.2) is 18.9 Å². The summed E-state index contributed by atoms with van der Waals surface area (Å²) >= 11 is 3.36. The molecule has 0 atom stereocenters. The molecular weight excluding hydrogens is 298 g/mol. The Morgan fingerprint density at radius 2 is 1.43 bits per heavy atom. The molecule has 2 aromatic rings. The molecule has 0 aliphatic carbocycles. The predicted molar refractivity (Wildman–Crippen MR) is 91.9 cm³/mol. The highest BCUT2D eigenvalue weighted by Gasteiger charge is 2.20. The highest BCUT2D eigenvalue weighted by atomic mass is 32.1. The van der Waals surface area contributed by atoms with Crippen LogP contribution in [0.2, 0.25) is 0 Å². The van der Waals surface area contributed by atoms with Crippen molar-refractivity contribution in [1.29, 1.82) is 0 Å². The average Bonchev–Trinajstić information content (AvgIpc) is 3.04. The van der Waals surface area contributed by atoms with E-state index < -0.39 is 0 Å². The average molecular weight is 315 g/mol. The van der Waals surface area contributed by atoms with Crippen molar-refractivity contribution < 1.29 is 4.79 Å². The van der Waals surface area contributed by atoms with Crippen molar-refractivity contribution in [3.05, 3.63) is 54.9 Å². The zero-order chi connectivity index (χ0) is 14.8.